The Morgan fingerprint density at radius 3 is 2.50 bits per heavy atom. The molecule has 0 aliphatic rings. The zero-order chi connectivity index (χ0) is 17.5. The second kappa shape index (κ2) is 8.59. The number of hydrogen-bond acceptors (Lipinski definition) is 4. The lowest BCUT2D eigenvalue weighted by molar-refractivity contribution is -0.113. The molecule has 0 saturated heterocycles. The van der Waals surface area contributed by atoms with E-state index in [1.807, 2.05) is 6.92 Å². The Bertz CT molecular complexity index is 691. The van der Waals surface area contributed by atoms with Crippen LogP contribution in [-0.4, -0.2) is 25.9 Å². The number of thioether (sulfide) groups is 1. The van der Waals surface area contributed by atoms with Crippen molar-refractivity contribution >= 4 is 23.4 Å². The van der Waals surface area contributed by atoms with Gasteiger partial charge in [-0.25, -0.2) is 4.39 Å². The summed E-state index contributed by atoms with van der Waals surface area (Å²) >= 11 is 1.48. The van der Waals surface area contributed by atoms with E-state index in [0.717, 1.165) is 5.56 Å². The largest absolute Gasteiger partial charge is 0.497 e. The monoisotopic (exact) mass is 349 g/mol. The molecule has 0 fully saturated rings. The number of methoxy groups -OCH3 is 2. The van der Waals surface area contributed by atoms with Crippen LogP contribution in [0.2, 0.25) is 0 Å². The molecule has 0 unspecified atom stereocenters. The normalized spacial score (nSPS) is 11.7. The lowest BCUT2D eigenvalue weighted by Gasteiger charge is -2.13. The predicted molar refractivity (Wildman–Crippen MR) is 95.4 cm³/mol. The van der Waals surface area contributed by atoms with Gasteiger partial charge >= 0.3 is 0 Å². The number of halogens is 1. The Balaban J connectivity index is 1.92. The molecule has 0 aromatic heterocycles. The number of rotatable bonds is 7. The quantitative estimate of drug-likeness (QED) is 0.811. The average Bonchev–Trinajstić information content (AvgIpc) is 2.60. The van der Waals surface area contributed by atoms with Gasteiger partial charge in [-0.2, -0.15) is 0 Å². The number of hydrogen-bond donors (Lipinski definition) is 1. The van der Waals surface area contributed by atoms with E-state index in [1.54, 1.807) is 37.4 Å². The molecule has 0 saturated carbocycles. The Morgan fingerprint density at radius 1 is 1.17 bits per heavy atom. The zero-order valence-electron chi connectivity index (χ0n) is 13.8. The summed E-state index contributed by atoms with van der Waals surface area (Å²) < 4.78 is 23.3. The fourth-order valence-corrected chi connectivity index (χ4v) is 2.94. The third-order valence-electron chi connectivity index (χ3n) is 3.49. The second-order valence-corrected chi connectivity index (χ2v) is 6.45. The van der Waals surface area contributed by atoms with Gasteiger partial charge in [0.2, 0.25) is 5.91 Å². The Kier molecular flexibility index (Phi) is 6.49. The molecule has 0 radical (unpaired) electrons. The maximum atomic E-state index is 12.9. The number of anilines is 1. The molecule has 128 valence electrons. The Labute approximate surface area is 145 Å². The van der Waals surface area contributed by atoms with E-state index in [-0.39, 0.29) is 22.7 Å². The lowest BCUT2D eigenvalue weighted by atomic mass is 10.2. The standard InChI is InChI=1S/C18H20FNO3S/c1-12(13-4-6-14(19)7-5-13)24-11-18(21)20-16-9-8-15(22-2)10-17(16)23-3/h4-10,12H,11H2,1-3H3,(H,20,21)/t12-/m1/s1. The summed E-state index contributed by atoms with van der Waals surface area (Å²) in [5.41, 5.74) is 1.58. The average molecular weight is 349 g/mol. The molecule has 1 atom stereocenters. The van der Waals surface area contributed by atoms with Crippen molar-refractivity contribution in [3.05, 3.63) is 53.8 Å². The number of benzene rings is 2. The minimum atomic E-state index is -0.264. The number of ether oxygens (including phenoxy) is 2. The molecular weight excluding hydrogens is 329 g/mol. The van der Waals surface area contributed by atoms with Crippen LogP contribution in [0.15, 0.2) is 42.5 Å². The highest BCUT2D eigenvalue weighted by molar-refractivity contribution is 8.00. The van der Waals surface area contributed by atoms with Crippen LogP contribution in [0.25, 0.3) is 0 Å². The van der Waals surface area contributed by atoms with E-state index < -0.39 is 0 Å². The van der Waals surface area contributed by atoms with Gasteiger partial charge in [0.25, 0.3) is 0 Å². The third kappa shape index (κ3) is 4.89. The van der Waals surface area contributed by atoms with Crippen molar-refractivity contribution in [2.24, 2.45) is 0 Å². The highest BCUT2D eigenvalue weighted by Crippen LogP contribution is 2.31. The molecular formula is C18H20FNO3S. The van der Waals surface area contributed by atoms with Crippen molar-refractivity contribution in [2.75, 3.05) is 25.3 Å². The topological polar surface area (TPSA) is 47.6 Å². The van der Waals surface area contributed by atoms with E-state index in [0.29, 0.717) is 17.2 Å². The molecule has 1 amide bonds. The van der Waals surface area contributed by atoms with Crippen LogP contribution in [0.5, 0.6) is 11.5 Å². The molecule has 2 aromatic rings. The van der Waals surface area contributed by atoms with Crippen LogP contribution in [0.1, 0.15) is 17.7 Å². The molecule has 4 nitrogen and oxygen atoms in total. The first kappa shape index (κ1) is 18.1. The minimum absolute atomic E-state index is 0.0918. The van der Waals surface area contributed by atoms with Crippen molar-refractivity contribution in [3.63, 3.8) is 0 Å². The Hall–Kier alpha value is -2.21. The van der Waals surface area contributed by atoms with Crippen LogP contribution < -0.4 is 14.8 Å². The van der Waals surface area contributed by atoms with Gasteiger partial charge in [0, 0.05) is 11.3 Å². The van der Waals surface area contributed by atoms with Crippen molar-refractivity contribution in [1.29, 1.82) is 0 Å². The van der Waals surface area contributed by atoms with E-state index in [2.05, 4.69) is 5.32 Å². The molecule has 0 aliphatic carbocycles. The van der Waals surface area contributed by atoms with Crippen molar-refractivity contribution in [2.45, 2.75) is 12.2 Å². The smallest absolute Gasteiger partial charge is 0.234 e. The van der Waals surface area contributed by atoms with Gasteiger partial charge in [-0.15, -0.1) is 11.8 Å². The van der Waals surface area contributed by atoms with Gasteiger partial charge < -0.3 is 14.8 Å². The minimum Gasteiger partial charge on any atom is -0.497 e. The van der Waals surface area contributed by atoms with Crippen LogP contribution >= 0.6 is 11.8 Å². The summed E-state index contributed by atoms with van der Waals surface area (Å²) in [6, 6.07) is 11.5. The van der Waals surface area contributed by atoms with Crippen molar-refractivity contribution < 1.29 is 18.7 Å². The van der Waals surface area contributed by atoms with Crippen molar-refractivity contribution in [3.8, 4) is 11.5 Å². The van der Waals surface area contributed by atoms with Gasteiger partial charge in [-0.05, 0) is 36.8 Å². The molecule has 0 spiro atoms. The van der Waals surface area contributed by atoms with Gasteiger partial charge in [0.15, 0.2) is 0 Å². The molecule has 2 rings (SSSR count). The van der Waals surface area contributed by atoms with Gasteiger partial charge in [0.05, 0.1) is 25.7 Å². The van der Waals surface area contributed by atoms with Gasteiger partial charge in [-0.1, -0.05) is 12.1 Å². The molecule has 0 bridgehead atoms. The fraction of sp³-hybridized carbons (Fsp3) is 0.278. The number of carbonyl (C=O) groups is 1. The van der Waals surface area contributed by atoms with Gasteiger partial charge in [0.1, 0.15) is 17.3 Å². The first-order valence-electron chi connectivity index (χ1n) is 7.42. The molecule has 0 aliphatic heterocycles. The molecule has 2 aromatic carbocycles. The molecule has 24 heavy (non-hydrogen) atoms. The van der Waals surface area contributed by atoms with Crippen LogP contribution in [0, 0.1) is 5.82 Å². The van der Waals surface area contributed by atoms with E-state index in [9.17, 15) is 9.18 Å². The van der Waals surface area contributed by atoms with E-state index in [1.165, 1.54) is 31.0 Å². The second-order valence-electron chi connectivity index (χ2n) is 5.12. The zero-order valence-corrected chi connectivity index (χ0v) is 14.7. The summed E-state index contributed by atoms with van der Waals surface area (Å²) in [7, 11) is 3.11. The van der Waals surface area contributed by atoms with Crippen LogP contribution in [-0.2, 0) is 4.79 Å². The summed E-state index contributed by atoms with van der Waals surface area (Å²) in [6.07, 6.45) is 0. The molecule has 1 N–H and O–H groups in total. The van der Waals surface area contributed by atoms with Gasteiger partial charge in [-0.3, -0.25) is 4.79 Å². The lowest BCUT2D eigenvalue weighted by Crippen LogP contribution is -2.15. The molecule has 0 heterocycles. The first-order valence-corrected chi connectivity index (χ1v) is 8.47. The summed E-state index contributed by atoms with van der Waals surface area (Å²) in [6.45, 7) is 1.99. The fourth-order valence-electron chi connectivity index (χ4n) is 2.12. The highest BCUT2D eigenvalue weighted by Gasteiger charge is 2.12. The van der Waals surface area contributed by atoms with E-state index >= 15 is 0 Å². The maximum absolute atomic E-state index is 12.9. The third-order valence-corrected chi connectivity index (χ3v) is 4.69. The SMILES string of the molecule is COc1ccc(NC(=O)CS[C@H](C)c2ccc(F)cc2)c(OC)c1. The maximum Gasteiger partial charge on any atom is 0.234 e. The van der Waals surface area contributed by atoms with Crippen LogP contribution in [0.3, 0.4) is 0 Å². The van der Waals surface area contributed by atoms with Crippen LogP contribution in [0.4, 0.5) is 10.1 Å². The summed E-state index contributed by atoms with van der Waals surface area (Å²) in [5.74, 6) is 1.09. The summed E-state index contributed by atoms with van der Waals surface area (Å²) in [4.78, 5) is 12.1. The Morgan fingerprint density at radius 2 is 1.88 bits per heavy atom. The summed E-state index contributed by atoms with van der Waals surface area (Å²) in [5, 5.41) is 2.92. The predicted octanol–water partition coefficient (Wildman–Crippen LogP) is 4.28. The van der Waals surface area contributed by atoms with Crippen molar-refractivity contribution in [1.82, 2.24) is 0 Å². The number of amides is 1. The highest BCUT2D eigenvalue weighted by atomic mass is 32.2. The number of carbonyl (C=O) groups excluding carboxylic acids is 1. The number of nitrogens with one attached hydrogen (secondary N) is 1. The first-order chi connectivity index (χ1) is 11.5. The molecule has 6 heteroatoms. The van der Waals surface area contributed by atoms with E-state index in [4.69, 9.17) is 9.47 Å².